The minimum Gasteiger partial charge on any atom is -0.162 e. The Morgan fingerprint density at radius 1 is 1.25 bits per heavy atom. The lowest BCUT2D eigenvalue weighted by Crippen LogP contribution is -2.06. The molecule has 1 heteroatoms. The summed E-state index contributed by atoms with van der Waals surface area (Å²) in [5, 5.41) is 1.00. The molecule has 0 atom stereocenters. The van der Waals surface area contributed by atoms with Crippen LogP contribution in [0.4, 0.5) is 0 Å². The monoisotopic (exact) mass is 132 g/mol. The number of hydrogen-bond donors (Lipinski definition) is 0. The zero-order chi connectivity index (χ0) is 5.82. The molecule has 0 radical (unpaired) electrons. The summed E-state index contributed by atoms with van der Waals surface area (Å²) in [4.78, 5) is 0. The van der Waals surface area contributed by atoms with E-state index < -0.39 is 0 Å². The first-order chi connectivity index (χ1) is 3.93. The molecule has 0 N–H and O–H groups in total. The molecule has 1 saturated carbocycles. The Kier molecular flexibility index (Phi) is 2.74. The second kappa shape index (κ2) is 3.39. The van der Waals surface area contributed by atoms with Gasteiger partial charge in [0.25, 0.3) is 0 Å². The average molecular weight is 132 g/mol. The van der Waals surface area contributed by atoms with Crippen LogP contribution in [0.5, 0.6) is 0 Å². The van der Waals surface area contributed by atoms with Crippen molar-refractivity contribution in [2.75, 3.05) is 6.26 Å². The van der Waals surface area contributed by atoms with Crippen LogP contribution < -0.4 is 0 Å². The van der Waals surface area contributed by atoms with E-state index in [0.717, 1.165) is 5.25 Å². The first-order valence-corrected chi connectivity index (χ1v) is 4.75. The highest BCUT2D eigenvalue weighted by atomic mass is 32.2. The summed E-state index contributed by atoms with van der Waals surface area (Å²) in [6.45, 7) is 0. The van der Waals surface area contributed by atoms with Gasteiger partial charge in [0, 0.05) is 6.68 Å². The van der Waals surface area contributed by atoms with Crippen molar-refractivity contribution < 1.29 is 1.43 Å². The summed E-state index contributed by atoms with van der Waals surface area (Å²) in [6.07, 6.45) is 9.62. The minimum absolute atomic E-state index is 0. The third kappa shape index (κ3) is 1.70. The Morgan fingerprint density at radius 3 is 2.25 bits per heavy atom. The van der Waals surface area contributed by atoms with Crippen molar-refractivity contribution in [2.24, 2.45) is 0 Å². The summed E-state index contributed by atoms with van der Waals surface area (Å²) < 4.78 is 0. The van der Waals surface area contributed by atoms with Crippen LogP contribution in [-0.2, 0) is 0 Å². The molecule has 1 fully saturated rings. The largest absolute Gasteiger partial charge is 0.162 e. The van der Waals surface area contributed by atoms with Gasteiger partial charge in [-0.25, -0.2) is 0 Å². The molecule has 0 amide bonds. The summed E-state index contributed by atoms with van der Waals surface area (Å²) in [7, 11) is 0. The van der Waals surface area contributed by atoms with Gasteiger partial charge in [-0.05, 0) is 19.1 Å². The van der Waals surface area contributed by atoms with Crippen LogP contribution in [0.15, 0.2) is 0 Å². The van der Waals surface area contributed by atoms with Crippen LogP contribution in [0.1, 0.15) is 33.5 Å². The van der Waals surface area contributed by atoms with Gasteiger partial charge in [-0.2, -0.15) is 11.8 Å². The molecule has 0 spiro atoms. The van der Waals surface area contributed by atoms with Crippen LogP contribution in [0.25, 0.3) is 0 Å². The van der Waals surface area contributed by atoms with E-state index >= 15 is 0 Å². The first kappa shape index (κ1) is 6.47. The van der Waals surface area contributed by atoms with Crippen molar-refractivity contribution in [3.63, 3.8) is 0 Å². The van der Waals surface area contributed by atoms with Crippen molar-refractivity contribution in [3.8, 4) is 0 Å². The normalized spacial score (nSPS) is 23.6. The zero-order valence-electron chi connectivity index (χ0n) is 5.52. The van der Waals surface area contributed by atoms with E-state index in [-0.39, 0.29) is 1.43 Å². The maximum Gasteiger partial charge on any atom is 0.00442 e. The van der Waals surface area contributed by atoms with Gasteiger partial charge in [0.1, 0.15) is 0 Å². The molecule has 0 unspecified atom stereocenters. The molecule has 0 bridgehead atoms. The number of rotatable bonds is 1. The highest BCUT2D eigenvalue weighted by molar-refractivity contribution is 7.99. The smallest absolute Gasteiger partial charge is 0.00442 e. The minimum atomic E-state index is 0. The zero-order valence-corrected chi connectivity index (χ0v) is 6.34. The van der Waals surface area contributed by atoms with E-state index in [1.54, 1.807) is 0 Å². The van der Waals surface area contributed by atoms with Crippen molar-refractivity contribution in [3.05, 3.63) is 0 Å². The Labute approximate surface area is 57.5 Å². The van der Waals surface area contributed by atoms with E-state index in [1.165, 1.54) is 32.1 Å². The van der Waals surface area contributed by atoms with Gasteiger partial charge in [-0.1, -0.05) is 19.3 Å². The summed E-state index contributed by atoms with van der Waals surface area (Å²) >= 11 is 2.05. The van der Waals surface area contributed by atoms with E-state index in [4.69, 9.17) is 0 Å². The molecule has 1 aliphatic carbocycles. The molecule has 1 rings (SSSR count). The third-order valence-corrected chi connectivity index (χ3v) is 3.02. The molecule has 1 aliphatic rings. The molecule has 0 aromatic carbocycles. The van der Waals surface area contributed by atoms with E-state index in [0.29, 0.717) is 0 Å². The predicted octanol–water partition coefficient (Wildman–Crippen LogP) is 2.93. The summed E-state index contributed by atoms with van der Waals surface area (Å²) in [6, 6.07) is 0. The molecular formula is C7H16S. The fourth-order valence-electron chi connectivity index (χ4n) is 1.30. The standard InChI is InChI=1S/C7H14S.H2/c1-8-7-5-3-2-4-6-7;/h7H,2-6H2,1H3;1H. The second-order valence-electron chi connectivity index (χ2n) is 2.50. The van der Waals surface area contributed by atoms with Crippen molar-refractivity contribution in [1.29, 1.82) is 0 Å². The highest BCUT2D eigenvalue weighted by Crippen LogP contribution is 2.25. The highest BCUT2D eigenvalue weighted by Gasteiger charge is 2.10. The number of thioether (sulfide) groups is 1. The van der Waals surface area contributed by atoms with E-state index in [1.807, 2.05) is 11.8 Å². The lowest BCUT2D eigenvalue weighted by atomic mass is 10.0. The second-order valence-corrected chi connectivity index (χ2v) is 3.63. The molecule has 0 aromatic rings. The van der Waals surface area contributed by atoms with Crippen LogP contribution in [0, 0.1) is 0 Å². The summed E-state index contributed by atoms with van der Waals surface area (Å²) in [5.74, 6) is 0. The maximum absolute atomic E-state index is 2.23. The first-order valence-electron chi connectivity index (χ1n) is 3.46. The lowest BCUT2D eigenvalue weighted by molar-refractivity contribution is 0.516. The Bertz CT molecular complexity index is 59.9. The molecule has 0 saturated heterocycles. The number of hydrogen-bond acceptors (Lipinski definition) is 1. The molecular weight excluding hydrogens is 116 g/mol. The molecule has 0 heterocycles. The maximum atomic E-state index is 2.23. The van der Waals surface area contributed by atoms with Crippen molar-refractivity contribution in [2.45, 2.75) is 37.4 Å². The predicted molar refractivity (Wildman–Crippen MR) is 42.5 cm³/mol. The topological polar surface area (TPSA) is 0 Å². The fourth-order valence-corrected chi connectivity index (χ4v) is 2.11. The fraction of sp³-hybridized carbons (Fsp3) is 1.00. The molecule has 50 valence electrons. The molecule has 0 aliphatic heterocycles. The lowest BCUT2D eigenvalue weighted by Gasteiger charge is -2.18. The van der Waals surface area contributed by atoms with Gasteiger partial charge in [0.15, 0.2) is 0 Å². The Balaban J connectivity index is 0.000000640. The third-order valence-electron chi connectivity index (χ3n) is 1.89. The van der Waals surface area contributed by atoms with Crippen molar-refractivity contribution >= 4 is 11.8 Å². The van der Waals surface area contributed by atoms with E-state index in [9.17, 15) is 0 Å². The average Bonchev–Trinajstić information content (AvgIpc) is 1.90. The summed E-state index contributed by atoms with van der Waals surface area (Å²) in [5.41, 5.74) is 0. The van der Waals surface area contributed by atoms with Crippen LogP contribution in [0.3, 0.4) is 0 Å². The van der Waals surface area contributed by atoms with Gasteiger partial charge in [-0.15, -0.1) is 0 Å². The van der Waals surface area contributed by atoms with Crippen LogP contribution in [0.2, 0.25) is 0 Å². The molecule has 0 aromatic heterocycles. The molecule has 0 nitrogen and oxygen atoms in total. The van der Waals surface area contributed by atoms with Crippen LogP contribution in [-0.4, -0.2) is 11.5 Å². The Hall–Kier alpha value is 0.350. The van der Waals surface area contributed by atoms with Gasteiger partial charge in [0.05, 0.1) is 0 Å². The van der Waals surface area contributed by atoms with Gasteiger partial charge in [-0.3, -0.25) is 0 Å². The van der Waals surface area contributed by atoms with Crippen molar-refractivity contribution in [1.82, 2.24) is 0 Å². The molecule has 8 heavy (non-hydrogen) atoms. The van der Waals surface area contributed by atoms with Gasteiger partial charge in [0.2, 0.25) is 0 Å². The van der Waals surface area contributed by atoms with Gasteiger partial charge >= 0.3 is 0 Å². The van der Waals surface area contributed by atoms with E-state index in [2.05, 4.69) is 6.26 Å². The Morgan fingerprint density at radius 2 is 1.88 bits per heavy atom. The SMILES string of the molecule is CSC1CCCCC1.[HH]. The van der Waals surface area contributed by atoms with Gasteiger partial charge < -0.3 is 0 Å². The quantitative estimate of drug-likeness (QED) is 0.528. The van der Waals surface area contributed by atoms with Crippen LogP contribution >= 0.6 is 11.8 Å².